The highest BCUT2D eigenvalue weighted by atomic mass is 32.2. The first-order valence-electron chi connectivity index (χ1n) is 6.28. The summed E-state index contributed by atoms with van der Waals surface area (Å²) in [5.41, 5.74) is 0.984. The fourth-order valence-electron chi connectivity index (χ4n) is 1.59. The van der Waals surface area contributed by atoms with Crippen molar-refractivity contribution >= 4 is 10.1 Å². The third kappa shape index (κ3) is 6.05. The van der Waals surface area contributed by atoms with Crippen molar-refractivity contribution in [3.05, 3.63) is 66.2 Å². The highest BCUT2D eigenvalue weighted by molar-refractivity contribution is 7.85. The molecule has 0 aliphatic heterocycles. The van der Waals surface area contributed by atoms with E-state index in [4.69, 9.17) is 14.8 Å². The maximum atomic E-state index is 10.4. The second-order valence-corrected chi connectivity index (χ2v) is 5.68. The van der Waals surface area contributed by atoms with Crippen LogP contribution in [0.2, 0.25) is 0 Å². The third-order valence-electron chi connectivity index (χ3n) is 2.75. The smallest absolute Gasteiger partial charge is 0.294 e. The van der Waals surface area contributed by atoms with Crippen LogP contribution >= 0.6 is 0 Å². The summed E-state index contributed by atoms with van der Waals surface area (Å²) in [5, 5.41) is 17.6. The topological polar surface area (TPSA) is 94.8 Å². The Morgan fingerprint density at radius 2 is 1.24 bits per heavy atom. The molecule has 0 radical (unpaired) electrons. The maximum Gasteiger partial charge on any atom is 0.294 e. The molecule has 0 saturated heterocycles. The molecule has 2 aromatic rings. The lowest BCUT2D eigenvalue weighted by Gasteiger charge is -2.09. The molecule has 0 fully saturated rings. The molecule has 0 aromatic heterocycles. The lowest BCUT2D eigenvalue weighted by Crippen LogP contribution is -2.08. The van der Waals surface area contributed by atoms with E-state index in [0.29, 0.717) is 0 Å². The van der Waals surface area contributed by atoms with E-state index < -0.39 is 10.1 Å². The van der Waals surface area contributed by atoms with Crippen molar-refractivity contribution in [1.82, 2.24) is 0 Å². The molecule has 0 heterocycles. The predicted molar refractivity (Wildman–Crippen MR) is 79.6 cm³/mol. The summed E-state index contributed by atoms with van der Waals surface area (Å²) in [6.45, 7) is 0.00102. The van der Waals surface area contributed by atoms with Gasteiger partial charge in [0.2, 0.25) is 0 Å². The van der Waals surface area contributed by atoms with Gasteiger partial charge in [0, 0.05) is 5.92 Å². The maximum absolute atomic E-state index is 10.4. The van der Waals surface area contributed by atoms with Gasteiger partial charge in [-0.25, -0.2) is 0 Å². The first-order valence-corrected chi connectivity index (χ1v) is 7.72. The molecule has 5 nitrogen and oxygen atoms in total. The first-order chi connectivity index (χ1) is 9.99. The number of benzene rings is 2. The number of aliphatic hydroxyl groups excluding tert-OH is 2. The van der Waals surface area contributed by atoms with Crippen LogP contribution < -0.4 is 0 Å². The van der Waals surface area contributed by atoms with E-state index >= 15 is 0 Å². The van der Waals surface area contributed by atoms with Gasteiger partial charge in [0.05, 0.1) is 18.1 Å². The van der Waals surface area contributed by atoms with Gasteiger partial charge in [-0.3, -0.25) is 4.55 Å². The summed E-state index contributed by atoms with van der Waals surface area (Å²) in [5.74, 6) is -0.129. The Kier molecular flexibility index (Phi) is 7.04. The minimum atomic E-state index is -4.00. The van der Waals surface area contributed by atoms with E-state index in [9.17, 15) is 8.42 Å². The van der Waals surface area contributed by atoms with Crippen LogP contribution in [0.1, 0.15) is 11.5 Å². The summed E-state index contributed by atoms with van der Waals surface area (Å²) in [6, 6.07) is 16.9. The molecular weight excluding hydrogens is 292 g/mol. The third-order valence-corrected chi connectivity index (χ3v) is 3.62. The summed E-state index contributed by atoms with van der Waals surface area (Å²) >= 11 is 0. The van der Waals surface area contributed by atoms with Crippen molar-refractivity contribution in [2.45, 2.75) is 10.8 Å². The van der Waals surface area contributed by atoms with Gasteiger partial charge in [0.25, 0.3) is 10.1 Å². The lowest BCUT2D eigenvalue weighted by molar-refractivity contribution is 0.192. The van der Waals surface area contributed by atoms with Crippen LogP contribution in [0, 0.1) is 0 Å². The van der Waals surface area contributed by atoms with Gasteiger partial charge in [-0.2, -0.15) is 8.42 Å². The fraction of sp³-hybridized carbons (Fsp3) is 0.200. The molecule has 2 rings (SSSR count). The highest BCUT2D eigenvalue weighted by Crippen LogP contribution is 2.12. The number of aliphatic hydroxyl groups is 2. The second-order valence-electron chi connectivity index (χ2n) is 4.26. The van der Waals surface area contributed by atoms with Crippen molar-refractivity contribution < 1.29 is 23.2 Å². The summed E-state index contributed by atoms with van der Waals surface area (Å²) < 4.78 is 29.2. The van der Waals surface area contributed by atoms with Crippen LogP contribution in [-0.2, 0) is 10.1 Å². The zero-order chi connectivity index (χ0) is 15.7. The first kappa shape index (κ1) is 17.3. The Hall–Kier alpha value is -1.73. The standard InChI is InChI=1S/C9H12O2.C6H6O3S/c10-6-9(7-11)8-4-2-1-3-5-8;7-10(8,9)6-4-2-1-3-5-6/h1-5,9-11H,6-7H2;1-5H,(H,7,8,9). The average Bonchev–Trinajstić information content (AvgIpc) is 2.50. The van der Waals surface area contributed by atoms with E-state index in [0.717, 1.165) is 5.56 Å². The molecule has 2 aromatic carbocycles. The molecule has 3 N–H and O–H groups in total. The van der Waals surface area contributed by atoms with Crippen molar-refractivity contribution in [2.24, 2.45) is 0 Å². The Bertz CT molecular complexity index is 607. The fourth-order valence-corrected chi connectivity index (χ4v) is 2.09. The zero-order valence-electron chi connectivity index (χ0n) is 11.3. The van der Waals surface area contributed by atoms with Gasteiger partial charge in [-0.1, -0.05) is 48.5 Å². The van der Waals surface area contributed by atoms with Crippen LogP contribution in [-0.4, -0.2) is 36.4 Å². The molecule has 0 saturated carbocycles. The minimum Gasteiger partial charge on any atom is -0.396 e. The van der Waals surface area contributed by atoms with Gasteiger partial charge in [-0.05, 0) is 17.7 Å². The average molecular weight is 310 g/mol. The second kappa shape index (κ2) is 8.53. The molecule has 0 atom stereocenters. The van der Waals surface area contributed by atoms with E-state index in [1.165, 1.54) is 12.1 Å². The summed E-state index contributed by atoms with van der Waals surface area (Å²) in [7, 11) is -4.00. The lowest BCUT2D eigenvalue weighted by atomic mass is 10.0. The molecular formula is C15H18O5S. The van der Waals surface area contributed by atoms with E-state index in [1.807, 2.05) is 30.3 Å². The SMILES string of the molecule is O=S(=O)(O)c1ccccc1.OCC(CO)c1ccccc1. The van der Waals surface area contributed by atoms with E-state index in [1.54, 1.807) is 18.2 Å². The predicted octanol–water partition coefficient (Wildman–Crippen LogP) is 1.69. The van der Waals surface area contributed by atoms with Gasteiger partial charge in [0.1, 0.15) is 0 Å². The van der Waals surface area contributed by atoms with Crippen molar-refractivity contribution in [3.8, 4) is 0 Å². The number of hydrogen-bond acceptors (Lipinski definition) is 4. The molecule has 0 bridgehead atoms. The molecule has 114 valence electrons. The van der Waals surface area contributed by atoms with E-state index in [2.05, 4.69) is 0 Å². The molecule has 0 spiro atoms. The quantitative estimate of drug-likeness (QED) is 0.747. The largest absolute Gasteiger partial charge is 0.396 e. The Labute approximate surface area is 124 Å². The molecule has 0 amide bonds. The highest BCUT2D eigenvalue weighted by Gasteiger charge is 2.07. The molecule has 0 aliphatic carbocycles. The summed E-state index contributed by atoms with van der Waals surface area (Å²) in [6.07, 6.45) is 0. The number of rotatable bonds is 4. The molecule has 0 unspecified atom stereocenters. The van der Waals surface area contributed by atoms with Gasteiger partial charge in [0.15, 0.2) is 0 Å². The molecule has 6 heteroatoms. The van der Waals surface area contributed by atoms with Crippen LogP contribution in [0.5, 0.6) is 0 Å². The zero-order valence-corrected chi connectivity index (χ0v) is 12.1. The van der Waals surface area contributed by atoms with Crippen molar-refractivity contribution in [3.63, 3.8) is 0 Å². The van der Waals surface area contributed by atoms with Crippen molar-refractivity contribution in [2.75, 3.05) is 13.2 Å². The summed E-state index contributed by atoms with van der Waals surface area (Å²) in [4.78, 5) is -0.0741. The Balaban J connectivity index is 0.000000211. The van der Waals surface area contributed by atoms with Crippen LogP contribution in [0.25, 0.3) is 0 Å². The Morgan fingerprint density at radius 1 is 0.810 bits per heavy atom. The van der Waals surface area contributed by atoms with Crippen LogP contribution in [0.3, 0.4) is 0 Å². The normalized spacial score (nSPS) is 10.9. The monoisotopic (exact) mass is 310 g/mol. The van der Waals surface area contributed by atoms with Crippen molar-refractivity contribution in [1.29, 1.82) is 0 Å². The van der Waals surface area contributed by atoms with Gasteiger partial charge < -0.3 is 10.2 Å². The number of hydrogen-bond donors (Lipinski definition) is 3. The molecule has 0 aliphatic rings. The van der Waals surface area contributed by atoms with Gasteiger partial charge in [-0.15, -0.1) is 0 Å². The van der Waals surface area contributed by atoms with E-state index in [-0.39, 0.29) is 24.0 Å². The molecule has 21 heavy (non-hydrogen) atoms. The van der Waals surface area contributed by atoms with Crippen LogP contribution in [0.4, 0.5) is 0 Å². The Morgan fingerprint density at radius 3 is 1.57 bits per heavy atom. The van der Waals surface area contributed by atoms with Gasteiger partial charge >= 0.3 is 0 Å². The van der Waals surface area contributed by atoms with Crippen LogP contribution in [0.15, 0.2) is 65.6 Å². The minimum absolute atomic E-state index is 0.000509.